The molecule has 3 rings (SSSR count). The lowest BCUT2D eigenvalue weighted by Gasteiger charge is -2.09. The fourth-order valence-corrected chi connectivity index (χ4v) is 2.24. The molecule has 0 spiro atoms. The van der Waals surface area contributed by atoms with Crippen LogP contribution in [0.2, 0.25) is 5.02 Å². The average molecular weight is 382 g/mol. The van der Waals surface area contributed by atoms with Gasteiger partial charge >= 0.3 is 6.18 Å². The molecular formula is C15H11ClF3N7. The second-order valence-corrected chi connectivity index (χ2v) is 5.57. The summed E-state index contributed by atoms with van der Waals surface area (Å²) in [5.41, 5.74) is 3.70. The molecule has 0 saturated heterocycles. The van der Waals surface area contributed by atoms with E-state index in [9.17, 15) is 13.2 Å². The van der Waals surface area contributed by atoms with Crippen LogP contribution < -0.4 is 5.43 Å². The summed E-state index contributed by atoms with van der Waals surface area (Å²) in [4.78, 5) is 3.67. The summed E-state index contributed by atoms with van der Waals surface area (Å²) in [6, 6.07) is 8.03. The van der Waals surface area contributed by atoms with Crippen molar-refractivity contribution in [1.29, 1.82) is 0 Å². The minimum Gasteiger partial charge on any atom is -0.260 e. The lowest BCUT2D eigenvalue weighted by Crippen LogP contribution is -2.07. The highest BCUT2D eigenvalue weighted by Gasteiger charge is 2.31. The van der Waals surface area contributed by atoms with Crippen LogP contribution in [0.25, 0.3) is 5.69 Å². The van der Waals surface area contributed by atoms with Crippen LogP contribution in [-0.4, -0.2) is 30.9 Å². The first-order valence-electron chi connectivity index (χ1n) is 7.21. The summed E-state index contributed by atoms with van der Waals surface area (Å²) in [6.07, 6.45) is -2.36. The van der Waals surface area contributed by atoms with Crippen LogP contribution in [0.4, 0.5) is 19.0 Å². The quantitative estimate of drug-likeness (QED) is 0.552. The highest BCUT2D eigenvalue weighted by molar-refractivity contribution is 6.33. The summed E-state index contributed by atoms with van der Waals surface area (Å²) >= 11 is 5.84. The number of hydrogen-bond acceptors (Lipinski definition) is 6. The third-order valence-corrected chi connectivity index (χ3v) is 3.66. The van der Waals surface area contributed by atoms with Gasteiger partial charge in [0, 0.05) is 6.20 Å². The molecule has 134 valence electrons. The molecule has 0 saturated carbocycles. The number of pyridine rings is 1. The third-order valence-electron chi connectivity index (χ3n) is 3.38. The molecule has 0 aliphatic heterocycles. The van der Waals surface area contributed by atoms with Crippen LogP contribution in [0.3, 0.4) is 0 Å². The summed E-state index contributed by atoms with van der Waals surface area (Å²) in [5, 5.41) is 14.9. The lowest BCUT2D eigenvalue weighted by atomic mass is 10.1. The predicted molar refractivity (Wildman–Crippen MR) is 89.2 cm³/mol. The smallest absolute Gasteiger partial charge is 0.260 e. The zero-order chi connectivity index (χ0) is 18.7. The van der Waals surface area contributed by atoms with E-state index in [1.54, 1.807) is 19.1 Å². The summed E-state index contributed by atoms with van der Waals surface area (Å²) < 4.78 is 39.4. The predicted octanol–water partition coefficient (Wildman–Crippen LogP) is 3.57. The van der Waals surface area contributed by atoms with Gasteiger partial charge in [-0.15, -0.1) is 5.10 Å². The minimum atomic E-state index is -4.51. The van der Waals surface area contributed by atoms with Crippen molar-refractivity contribution in [1.82, 2.24) is 25.2 Å². The molecule has 0 amide bonds. The van der Waals surface area contributed by atoms with Crippen molar-refractivity contribution in [2.75, 3.05) is 5.43 Å². The minimum absolute atomic E-state index is 0.0237. The Labute approximate surface area is 150 Å². The fourth-order valence-electron chi connectivity index (χ4n) is 2.03. The van der Waals surface area contributed by atoms with Crippen LogP contribution in [0.5, 0.6) is 0 Å². The molecular weight excluding hydrogens is 371 g/mol. The van der Waals surface area contributed by atoms with Crippen LogP contribution >= 0.6 is 11.6 Å². The molecule has 0 bridgehead atoms. The number of benzene rings is 1. The largest absolute Gasteiger partial charge is 0.417 e. The number of nitrogens with one attached hydrogen (secondary N) is 1. The first kappa shape index (κ1) is 17.8. The van der Waals surface area contributed by atoms with Crippen LogP contribution in [0.1, 0.15) is 18.1 Å². The van der Waals surface area contributed by atoms with E-state index in [-0.39, 0.29) is 10.8 Å². The van der Waals surface area contributed by atoms with Gasteiger partial charge in [0.15, 0.2) is 5.82 Å². The van der Waals surface area contributed by atoms with Crippen LogP contribution in [-0.2, 0) is 6.18 Å². The Balaban J connectivity index is 1.80. The van der Waals surface area contributed by atoms with Crippen molar-refractivity contribution in [3.8, 4) is 5.69 Å². The molecule has 0 fully saturated rings. The Morgan fingerprint density at radius 2 is 2.08 bits per heavy atom. The van der Waals surface area contributed by atoms with Crippen LogP contribution in [0.15, 0.2) is 48.0 Å². The average Bonchev–Trinajstić information content (AvgIpc) is 3.14. The van der Waals surface area contributed by atoms with E-state index in [0.717, 1.165) is 17.3 Å². The zero-order valence-electron chi connectivity index (χ0n) is 13.2. The molecule has 0 aliphatic rings. The number of anilines is 1. The molecule has 0 atom stereocenters. The van der Waals surface area contributed by atoms with E-state index >= 15 is 0 Å². The Hall–Kier alpha value is -3.01. The van der Waals surface area contributed by atoms with E-state index < -0.39 is 11.7 Å². The number of halogens is 4. The zero-order valence-corrected chi connectivity index (χ0v) is 14.0. The molecule has 3 aromatic rings. The topological polar surface area (TPSA) is 80.9 Å². The standard InChI is InChI=1S/C15H11ClF3N7/c1-9(10-3-2-4-12(5-10)26-8-21-24-25-26)22-23-14-13(16)6-11(7-20-14)15(17,18)19/h2-8H,1H3,(H,20,23)/b22-9+. The first-order valence-corrected chi connectivity index (χ1v) is 7.59. The van der Waals surface area contributed by atoms with Gasteiger partial charge in [0.1, 0.15) is 6.33 Å². The number of alkyl halides is 3. The van der Waals surface area contributed by atoms with Gasteiger partial charge in [0.25, 0.3) is 0 Å². The van der Waals surface area contributed by atoms with Gasteiger partial charge in [-0.2, -0.15) is 18.3 Å². The second kappa shape index (κ2) is 7.08. The number of hydrogen-bond donors (Lipinski definition) is 1. The number of nitrogens with zero attached hydrogens (tertiary/aromatic N) is 6. The van der Waals surface area contributed by atoms with Crippen LogP contribution in [0, 0.1) is 0 Å². The van der Waals surface area contributed by atoms with Gasteiger partial charge in [-0.3, -0.25) is 5.43 Å². The maximum atomic E-state index is 12.6. The second-order valence-electron chi connectivity index (χ2n) is 5.17. The summed E-state index contributed by atoms with van der Waals surface area (Å²) in [6.45, 7) is 1.73. The molecule has 2 heterocycles. The molecule has 1 aromatic carbocycles. The monoisotopic (exact) mass is 381 g/mol. The van der Waals surface area contributed by atoms with Gasteiger partial charge in [-0.25, -0.2) is 9.67 Å². The first-order chi connectivity index (χ1) is 12.3. The number of aromatic nitrogens is 5. The molecule has 0 unspecified atom stereocenters. The Bertz CT molecular complexity index is 939. The van der Waals surface area contributed by atoms with Crippen molar-refractivity contribution < 1.29 is 13.2 Å². The Kier molecular flexibility index (Phi) is 4.85. The summed E-state index contributed by atoms with van der Waals surface area (Å²) in [5.74, 6) is 0.0237. The molecule has 0 aliphatic carbocycles. The molecule has 0 radical (unpaired) electrons. The van der Waals surface area contributed by atoms with E-state index in [2.05, 4.69) is 31.0 Å². The summed E-state index contributed by atoms with van der Waals surface area (Å²) in [7, 11) is 0. The van der Waals surface area contributed by atoms with Gasteiger partial charge in [-0.05, 0) is 41.1 Å². The van der Waals surface area contributed by atoms with Crippen molar-refractivity contribution in [3.63, 3.8) is 0 Å². The van der Waals surface area contributed by atoms with Gasteiger partial charge in [0.05, 0.1) is 22.0 Å². The van der Waals surface area contributed by atoms with Gasteiger partial charge < -0.3 is 0 Å². The third kappa shape index (κ3) is 3.97. The van der Waals surface area contributed by atoms with E-state index in [1.807, 2.05) is 12.1 Å². The van der Waals surface area contributed by atoms with E-state index in [4.69, 9.17) is 11.6 Å². The normalized spacial score (nSPS) is 12.3. The Morgan fingerprint density at radius 3 is 2.73 bits per heavy atom. The lowest BCUT2D eigenvalue weighted by molar-refractivity contribution is -0.137. The molecule has 2 aromatic heterocycles. The van der Waals surface area contributed by atoms with E-state index in [1.165, 1.54) is 11.0 Å². The number of hydrazone groups is 1. The molecule has 7 nitrogen and oxygen atoms in total. The molecule has 11 heteroatoms. The highest BCUT2D eigenvalue weighted by atomic mass is 35.5. The Morgan fingerprint density at radius 1 is 1.27 bits per heavy atom. The number of rotatable bonds is 4. The highest BCUT2D eigenvalue weighted by Crippen LogP contribution is 2.32. The van der Waals surface area contributed by atoms with Gasteiger partial charge in [-0.1, -0.05) is 23.7 Å². The maximum Gasteiger partial charge on any atom is 0.417 e. The van der Waals surface area contributed by atoms with Crippen molar-refractivity contribution in [2.45, 2.75) is 13.1 Å². The number of tetrazole rings is 1. The van der Waals surface area contributed by atoms with Crippen molar-refractivity contribution in [2.24, 2.45) is 5.10 Å². The SMILES string of the molecule is C/C(=N\Nc1ncc(C(F)(F)F)cc1Cl)c1cccc(-n2cnnn2)c1. The molecule has 26 heavy (non-hydrogen) atoms. The van der Waals surface area contributed by atoms with Crippen molar-refractivity contribution >= 4 is 23.1 Å². The molecule has 1 N–H and O–H groups in total. The van der Waals surface area contributed by atoms with Gasteiger partial charge in [0.2, 0.25) is 0 Å². The van der Waals surface area contributed by atoms with E-state index in [0.29, 0.717) is 11.9 Å². The maximum absolute atomic E-state index is 12.6. The van der Waals surface area contributed by atoms with Crippen molar-refractivity contribution in [3.05, 3.63) is 59.0 Å². The fraction of sp³-hybridized carbons (Fsp3) is 0.133.